The molecule has 1 heterocycles. The molecule has 5 heteroatoms. The maximum Gasteiger partial charge on any atom is 0.260 e. The number of ether oxygens (including phenoxy) is 1. The number of likely N-dealkylation sites (tertiary alicyclic amines) is 1. The number of rotatable bonds is 4. The van der Waals surface area contributed by atoms with Crippen molar-refractivity contribution in [1.82, 2.24) is 4.90 Å². The van der Waals surface area contributed by atoms with E-state index >= 15 is 0 Å². The van der Waals surface area contributed by atoms with Crippen LogP contribution in [0.3, 0.4) is 0 Å². The second-order valence-corrected chi connectivity index (χ2v) is 5.13. The fourth-order valence-electron chi connectivity index (χ4n) is 2.17. The summed E-state index contributed by atoms with van der Waals surface area (Å²) in [5.74, 6) is 1.01. The van der Waals surface area contributed by atoms with Gasteiger partial charge in [-0.3, -0.25) is 4.79 Å². The first-order chi connectivity index (χ1) is 9.16. The van der Waals surface area contributed by atoms with Gasteiger partial charge in [0, 0.05) is 19.0 Å². The Balaban J connectivity index is 1.77. The molecule has 2 N–H and O–H groups in total. The standard InChI is InChI=1S/C14H18N2O2S/c15-14(19)11-6-8-16(9-7-11)13(17)10-18-12-4-2-1-3-5-12/h1-5,11H,6-10H2,(H2,15,19). The lowest BCUT2D eigenvalue weighted by molar-refractivity contribution is -0.134. The molecule has 0 unspecified atom stereocenters. The van der Waals surface area contributed by atoms with E-state index in [-0.39, 0.29) is 18.4 Å². The van der Waals surface area contributed by atoms with E-state index in [2.05, 4.69) is 0 Å². The third-order valence-electron chi connectivity index (χ3n) is 3.36. The van der Waals surface area contributed by atoms with Gasteiger partial charge in [-0.25, -0.2) is 0 Å². The van der Waals surface area contributed by atoms with Gasteiger partial charge in [0.2, 0.25) is 0 Å². The van der Waals surface area contributed by atoms with Gasteiger partial charge in [-0.2, -0.15) is 0 Å². The quantitative estimate of drug-likeness (QED) is 0.850. The molecule has 0 spiro atoms. The van der Waals surface area contributed by atoms with Crippen LogP contribution in [-0.4, -0.2) is 35.5 Å². The maximum absolute atomic E-state index is 12.0. The zero-order valence-electron chi connectivity index (χ0n) is 10.7. The van der Waals surface area contributed by atoms with Gasteiger partial charge in [0.1, 0.15) is 5.75 Å². The molecular formula is C14H18N2O2S. The molecule has 0 bridgehead atoms. The summed E-state index contributed by atoms with van der Waals surface area (Å²) in [5, 5.41) is 0. The third-order valence-corrected chi connectivity index (χ3v) is 3.69. The van der Waals surface area contributed by atoms with E-state index in [0.717, 1.165) is 12.8 Å². The summed E-state index contributed by atoms with van der Waals surface area (Å²) in [6, 6.07) is 9.36. The van der Waals surface area contributed by atoms with Crippen molar-refractivity contribution in [1.29, 1.82) is 0 Å². The molecule has 1 saturated heterocycles. The summed E-state index contributed by atoms with van der Waals surface area (Å²) >= 11 is 4.98. The third kappa shape index (κ3) is 3.92. The van der Waals surface area contributed by atoms with Crippen LogP contribution in [-0.2, 0) is 4.79 Å². The van der Waals surface area contributed by atoms with E-state index in [9.17, 15) is 4.79 Å². The molecule has 102 valence electrons. The number of nitrogens with two attached hydrogens (primary N) is 1. The molecule has 1 aliphatic rings. The van der Waals surface area contributed by atoms with Crippen molar-refractivity contribution in [2.45, 2.75) is 12.8 Å². The molecule has 1 aliphatic heterocycles. The Hall–Kier alpha value is -1.62. The van der Waals surface area contributed by atoms with Crippen molar-refractivity contribution in [3.8, 4) is 5.75 Å². The highest BCUT2D eigenvalue weighted by Gasteiger charge is 2.24. The minimum Gasteiger partial charge on any atom is -0.484 e. The molecule has 1 aromatic carbocycles. The average molecular weight is 278 g/mol. The number of hydrogen-bond donors (Lipinski definition) is 1. The van der Waals surface area contributed by atoms with E-state index in [1.54, 1.807) is 0 Å². The first-order valence-electron chi connectivity index (χ1n) is 6.42. The van der Waals surface area contributed by atoms with Crippen molar-refractivity contribution in [2.75, 3.05) is 19.7 Å². The van der Waals surface area contributed by atoms with Crippen LogP contribution in [0.25, 0.3) is 0 Å². The van der Waals surface area contributed by atoms with E-state index in [1.165, 1.54) is 0 Å². The van der Waals surface area contributed by atoms with Crippen molar-refractivity contribution >= 4 is 23.1 Å². The maximum atomic E-state index is 12.0. The summed E-state index contributed by atoms with van der Waals surface area (Å²) < 4.78 is 5.45. The predicted octanol–water partition coefficient (Wildman–Crippen LogP) is 1.59. The Kier molecular flexibility index (Phi) is 4.74. The molecule has 0 aromatic heterocycles. The smallest absolute Gasteiger partial charge is 0.260 e. The number of amides is 1. The zero-order valence-corrected chi connectivity index (χ0v) is 11.6. The summed E-state index contributed by atoms with van der Waals surface area (Å²) in [7, 11) is 0. The fourth-order valence-corrected chi connectivity index (χ4v) is 2.40. The molecule has 0 radical (unpaired) electrons. The highest BCUT2D eigenvalue weighted by molar-refractivity contribution is 7.80. The Morgan fingerprint density at radius 2 is 1.95 bits per heavy atom. The van der Waals surface area contributed by atoms with Crippen LogP contribution < -0.4 is 10.5 Å². The van der Waals surface area contributed by atoms with Gasteiger partial charge in [-0.1, -0.05) is 30.4 Å². The molecule has 0 aliphatic carbocycles. The lowest BCUT2D eigenvalue weighted by Gasteiger charge is -2.31. The molecule has 0 saturated carbocycles. The van der Waals surface area contributed by atoms with Gasteiger partial charge in [0.25, 0.3) is 5.91 Å². The van der Waals surface area contributed by atoms with Crippen molar-refractivity contribution in [2.24, 2.45) is 11.7 Å². The SMILES string of the molecule is NC(=S)C1CCN(C(=O)COc2ccccc2)CC1. The van der Waals surface area contributed by atoms with E-state index < -0.39 is 0 Å². The van der Waals surface area contributed by atoms with E-state index in [0.29, 0.717) is 23.8 Å². The van der Waals surface area contributed by atoms with Crippen molar-refractivity contribution in [3.05, 3.63) is 30.3 Å². The minimum atomic E-state index is 0.0187. The number of benzene rings is 1. The highest BCUT2D eigenvalue weighted by atomic mass is 32.1. The number of carbonyl (C=O) groups excluding carboxylic acids is 1. The molecule has 0 atom stereocenters. The van der Waals surface area contributed by atoms with Crippen LogP contribution in [0.5, 0.6) is 5.75 Å². The summed E-state index contributed by atoms with van der Waals surface area (Å²) in [6.45, 7) is 1.50. The monoisotopic (exact) mass is 278 g/mol. The highest BCUT2D eigenvalue weighted by Crippen LogP contribution is 2.17. The lowest BCUT2D eigenvalue weighted by atomic mass is 9.97. The molecule has 2 rings (SSSR count). The second-order valence-electron chi connectivity index (χ2n) is 4.66. The van der Waals surface area contributed by atoms with Crippen molar-refractivity contribution < 1.29 is 9.53 Å². The second kappa shape index (κ2) is 6.52. The number of thiocarbonyl (C=S) groups is 1. The van der Waals surface area contributed by atoms with Crippen LogP contribution in [0.15, 0.2) is 30.3 Å². The fraction of sp³-hybridized carbons (Fsp3) is 0.429. The van der Waals surface area contributed by atoms with Crippen LogP contribution in [0.2, 0.25) is 0 Å². The topological polar surface area (TPSA) is 55.6 Å². The Morgan fingerprint density at radius 3 is 2.53 bits per heavy atom. The van der Waals surface area contributed by atoms with Gasteiger partial charge in [-0.05, 0) is 25.0 Å². The molecular weight excluding hydrogens is 260 g/mol. The number of hydrogen-bond acceptors (Lipinski definition) is 3. The molecule has 1 aromatic rings. The molecule has 19 heavy (non-hydrogen) atoms. The molecule has 1 fully saturated rings. The van der Waals surface area contributed by atoms with Crippen LogP contribution >= 0.6 is 12.2 Å². The Labute approximate surface area is 118 Å². The first kappa shape index (κ1) is 13.8. The summed E-state index contributed by atoms with van der Waals surface area (Å²) in [4.78, 5) is 14.4. The van der Waals surface area contributed by atoms with Crippen LogP contribution in [0, 0.1) is 5.92 Å². The Morgan fingerprint density at radius 1 is 1.32 bits per heavy atom. The predicted molar refractivity (Wildman–Crippen MR) is 78.0 cm³/mol. The molecule has 1 amide bonds. The van der Waals surface area contributed by atoms with Crippen molar-refractivity contribution in [3.63, 3.8) is 0 Å². The number of piperidine rings is 1. The number of para-hydroxylation sites is 1. The zero-order chi connectivity index (χ0) is 13.7. The summed E-state index contributed by atoms with van der Waals surface area (Å²) in [5.41, 5.74) is 5.63. The van der Waals surface area contributed by atoms with Crippen LogP contribution in [0.4, 0.5) is 0 Å². The van der Waals surface area contributed by atoms with Gasteiger partial charge in [0.15, 0.2) is 6.61 Å². The molecule has 4 nitrogen and oxygen atoms in total. The largest absolute Gasteiger partial charge is 0.484 e. The van der Waals surface area contributed by atoms with E-state index in [1.807, 2.05) is 35.2 Å². The van der Waals surface area contributed by atoms with Gasteiger partial charge in [-0.15, -0.1) is 0 Å². The lowest BCUT2D eigenvalue weighted by Crippen LogP contribution is -2.43. The number of nitrogens with zero attached hydrogens (tertiary/aromatic N) is 1. The van der Waals surface area contributed by atoms with E-state index in [4.69, 9.17) is 22.7 Å². The minimum absolute atomic E-state index is 0.0187. The number of carbonyl (C=O) groups is 1. The first-order valence-corrected chi connectivity index (χ1v) is 6.82. The van der Waals surface area contributed by atoms with Gasteiger partial charge < -0.3 is 15.4 Å². The van der Waals surface area contributed by atoms with Gasteiger partial charge >= 0.3 is 0 Å². The van der Waals surface area contributed by atoms with Gasteiger partial charge in [0.05, 0.1) is 4.99 Å². The van der Waals surface area contributed by atoms with Crippen LogP contribution in [0.1, 0.15) is 12.8 Å². The normalized spacial score (nSPS) is 16.1. The Bertz CT molecular complexity index is 442. The summed E-state index contributed by atoms with van der Waals surface area (Å²) in [6.07, 6.45) is 1.71. The average Bonchev–Trinajstić information content (AvgIpc) is 2.46.